The van der Waals surface area contributed by atoms with Crippen LogP contribution in [0, 0.1) is 11.8 Å². The number of rotatable bonds is 4. The molecule has 2 saturated carbocycles. The van der Waals surface area contributed by atoms with E-state index in [2.05, 4.69) is 17.1 Å². The average Bonchev–Trinajstić information content (AvgIpc) is 3.11. The van der Waals surface area contributed by atoms with E-state index in [0.29, 0.717) is 11.8 Å². The van der Waals surface area contributed by atoms with Crippen LogP contribution in [0.1, 0.15) is 45.4 Å². The summed E-state index contributed by atoms with van der Waals surface area (Å²) in [5.74, 6) is 2.26. The minimum Gasteiger partial charge on any atom is -0.360 e. The van der Waals surface area contributed by atoms with Crippen LogP contribution in [-0.2, 0) is 9.84 Å². The lowest BCUT2D eigenvalue weighted by atomic mass is 9.95. The van der Waals surface area contributed by atoms with Crippen LogP contribution in [-0.4, -0.2) is 48.6 Å². The topological polar surface area (TPSA) is 49.4 Å². The van der Waals surface area contributed by atoms with Crippen molar-refractivity contribution in [2.45, 2.75) is 57.5 Å². The zero-order valence-electron chi connectivity index (χ0n) is 12.8. The molecule has 0 spiro atoms. The fraction of sp³-hybridized carbons (Fsp3) is 0.933. The van der Waals surface area contributed by atoms with Crippen molar-refractivity contribution in [3.8, 4) is 0 Å². The molecule has 3 fully saturated rings. The monoisotopic (exact) mass is 330 g/mol. The Morgan fingerprint density at radius 3 is 2.62 bits per heavy atom. The fourth-order valence-corrected chi connectivity index (χ4v) is 6.50. The summed E-state index contributed by atoms with van der Waals surface area (Å²) in [5, 5.41) is 4.35. The van der Waals surface area contributed by atoms with Crippen LogP contribution in [0.2, 0.25) is 0 Å². The number of fused-ring (bicyclic) bond motifs is 2. The van der Waals surface area contributed by atoms with E-state index < -0.39 is 9.84 Å². The highest BCUT2D eigenvalue weighted by Gasteiger charge is 2.41. The number of sulfone groups is 1. The van der Waals surface area contributed by atoms with E-state index >= 15 is 0 Å². The van der Waals surface area contributed by atoms with Gasteiger partial charge in [0.15, 0.2) is 14.9 Å². The van der Waals surface area contributed by atoms with Gasteiger partial charge in [0.2, 0.25) is 0 Å². The largest absolute Gasteiger partial charge is 0.360 e. The van der Waals surface area contributed by atoms with Gasteiger partial charge in [0.05, 0.1) is 11.5 Å². The molecule has 0 aromatic heterocycles. The zero-order valence-corrected chi connectivity index (χ0v) is 14.4. The molecule has 0 radical (unpaired) electrons. The highest BCUT2D eigenvalue weighted by molar-refractivity contribution is 7.91. The van der Waals surface area contributed by atoms with Crippen molar-refractivity contribution in [1.29, 1.82) is 0 Å². The van der Waals surface area contributed by atoms with Crippen LogP contribution in [0.25, 0.3) is 0 Å². The van der Waals surface area contributed by atoms with Crippen LogP contribution in [0.3, 0.4) is 0 Å². The Balaban J connectivity index is 1.62. The van der Waals surface area contributed by atoms with E-state index in [4.69, 9.17) is 12.2 Å². The fourth-order valence-electron chi connectivity index (χ4n) is 4.38. The summed E-state index contributed by atoms with van der Waals surface area (Å²) in [5.41, 5.74) is 0. The van der Waals surface area contributed by atoms with Crippen molar-refractivity contribution >= 4 is 27.2 Å². The summed E-state index contributed by atoms with van der Waals surface area (Å²) in [7, 11) is -2.86. The van der Waals surface area contributed by atoms with E-state index in [1.54, 1.807) is 0 Å². The molecule has 1 N–H and O–H groups in total. The molecule has 4 nitrogen and oxygen atoms in total. The second kappa shape index (κ2) is 6.03. The standard InChI is InChI=1S/C15H26N2O2S2/c1-2-6-17(13-5-7-21(18,19)10-13)15(20)16-14-9-11-3-4-12(14)8-11/h11-14H,2-10H2,1H3,(H,16,20)/t11-,12-,13-,14+/m0/s1. The minimum atomic E-state index is -2.86. The van der Waals surface area contributed by atoms with Gasteiger partial charge in [0, 0.05) is 18.6 Å². The van der Waals surface area contributed by atoms with Crippen LogP contribution in [0.4, 0.5) is 0 Å². The molecule has 1 aliphatic heterocycles. The summed E-state index contributed by atoms with van der Waals surface area (Å²) in [4.78, 5) is 2.14. The summed E-state index contributed by atoms with van der Waals surface area (Å²) in [6, 6.07) is 0.599. The van der Waals surface area contributed by atoms with Crippen LogP contribution in [0.5, 0.6) is 0 Å². The van der Waals surface area contributed by atoms with E-state index in [-0.39, 0.29) is 11.8 Å². The van der Waals surface area contributed by atoms with Crippen LogP contribution < -0.4 is 5.32 Å². The highest BCUT2D eigenvalue weighted by atomic mass is 32.2. The highest BCUT2D eigenvalue weighted by Crippen LogP contribution is 2.44. The van der Waals surface area contributed by atoms with E-state index in [1.807, 2.05) is 0 Å². The lowest BCUT2D eigenvalue weighted by molar-refractivity contribution is 0.312. The Kier molecular flexibility index (Phi) is 4.46. The van der Waals surface area contributed by atoms with Gasteiger partial charge in [0.25, 0.3) is 0 Å². The minimum absolute atomic E-state index is 0.0774. The van der Waals surface area contributed by atoms with Gasteiger partial charge in [-0.05, 0) is 56.2 Å². The predicted molar refractivity (Wildman–Crippen MR) is 89.0 cm³/mol. The maximum absolute atomic E-state index is 11.7. The van der Waals surface area contributed by atoms with Crippen LogP contribution >= 0.6 is 12.2 Å². The molecule has 0 aromatic carbocycles. The molecule has 0 aromatic rings. The summed E-state index contributed by atoms with van der Waals surface area (Å²) in [6.45, 7) is 2.98. The molecular formula is C15H26N2O2S2. The quantitative estimate of drug-likeness (QED) is 0.799. The van der Waals surface area contributed by atoms with Crippen molar-refractivity contribution in [1.82, 2.24) is 10.2 Å². The maximum atomic E-state index is 11.7. The van der Waals surface area contributed by atoms with Crippen molar-refractivity contribution in [3.63, 3.8) is 0 Å². The average molecular weight is 331 g/mol. The van der Waals surface area contributed by atoms with Crippen LogP contribution in [0.15, 0.2) is 0 Å². The van der Waals surface area contributed by atoms with Gasteiger partial charge in [-0.2, -0.15) is 0 Å². The van der Waals surface area contributed by atoms with E-state index in [0.717, 1.165) is 36.3 Å². The van der Waals surface area contributed by atoms with Gasteiger partial charge in [-0.25, -0.2) is 8.42 Å². The molecule has 3 rings (SSSR count). The van der Waals surface area contributed by atoms with Gasteiger partial charge in [-0.15, -0.1) is 0 Å². The molecule has 2 bridgehead atoms. The zero-order chi connectivity index (χ0) is 15.0. The molecule has 1 saturated heterocycles. The molecular weight excluding hydrogens is 304 g/mol. The molecule has 4 atom stereocenters. The van der Waals surface area contributed by atoms with Crippen molar-refractivity contribution < 1.29 is 8.42 Å². The molecule has 21 heavy (non-hydrogen) atoms. The number of hydrogen-bond donors (Lipinski definition) is 1. The smallest absolute Gasteiger partial charge is 0.169 e. The molecule has 2 aliphatic carbocycles. The second-order valence-electron chi connectivity index (χ2n) is 6.98. The van der Waals surface area contributed by atoms with Crippen molar-refractivity contribution in [3.05, 3.63) is 0 Å². The first-order valence-corrected chi connectivity index (χ1v) is 10.5. The number of hydrogen-bond acceptors (Lipinski definition) is 3. The number of nitrogens with zero attached hydrogens (tertiary/aromatic N) is 1. The van der Waals surface area contributed by atoms with Gasteiger partial charge in [-0.3, -0.25) is 0 Å². The van der Waals surface area contributed by atoms with Gasteiger partial charge in [-0.1, -0.05) is 13.3 Å². The summed E-state index contributed by atoms with van der Waals surface area (Å²) < 4.78 is 23.5. The lowest BCUT2D eigenvalue weighted by Gasteiger charge is -2.34. The molecule has 1 heterocycles. The Bertz CT molecular complexity index is 506. The summed E-state index contributed by atoms with van der Waals surface area (Å²) in [6.07, 6.45) is 7.03. The Morgan fingerprint density at radius 1 is 1.29 bits per heavy atom. The first kappa shape index (κ1) is 15.5. The second-order valence-corrected chi connectivity index (χ2v) is 9.60. The maximum Gasteiger partial charge on any atom is 0.169 e. The Hall–Kier alpha value is -0.360. The predicted octanol–water partition coefficient (Wildman–Crippen LogP) is 1.95. The molecule has 0 unspecified atom stereocenters. The number of nitrogens with one attached hydrogen (secondary N) is 1. The third-order valence-corrected chi connectivity index (χ3v) is 7.52. The molecule has 3 aliphatic rings. The molecule has 120 valence electrons. The van der Waals surface area contributed by atoms with E-state index in [1.165, 1.54) is 25.7 Å². The lowest BCUT2D eigenvalue weighted by Crippen LogP contribution is -2.51. The Labute approximate surface area is 133 Å². The Morgan fingerprint density at radius 2 is 2.10 bits per heavy atom. The first-order valence-electron chi connectivity index (χ1n) is 8.26. The van der Waals surface area contributed by atoms with Gasteiger partial charge < -0.3 is 10.2 Å². The SMILES string of the molecule is CCCN(C(=S)N[C@@H]1C[C@H]2CC[C@H]1C2)[C@H]1CCS(=O)(=O)C1. The number of thiocarbonyl (C=S) groups is 1. The molecule has 6 heteroatoms. The van der Waals surface area contributed by atoms with Crippen molar-refractivity contribution in [2.75, 3.05) is 18.1 Å². The van der Waals surface area contributed by atoms with Crippen molar-refractivity contribution in [2.24, 2.45) is 11.8 Å². The normalized spacial score (nSPS) is 36.8. The first-order chi connectivity index (χ1) is 9.98. The molecule has 0 amide bonds. The summed E-state index contributed by atoms with van der Waals surface area (Å²) >= 11 is 5.62. The third-order valence-electron chi connectivity index (χ3n) is 5.42. The third kappa shape index (κ3) is 3.36. The van der Waals surface area contributed by atoms with Gasteiger partial charge in [0.1, 0.15) is 0 Å². The van der Waals surface area contributed by atoms with Gasteiger partial charge >= 0.3 is 0 Å². The van der Waals surface area contributed by atoms with E-state index in [9.17, 15) is 8.42 Å².